The lowest BCUT2D eigenvalue weighted by molar-refractivity contribution is 0.0107. The molecule has 0 bridgehead atoms. The fourth-order valence-corrected chi connectivity index (χ4v) is 2.37. The van der Waals surface area contributed by atoms with E-state index >= 15 is 0 Å². The third-order valence-electron chi connectivity index (χ3n) is 3.64. The van der Waals surface area contributed by atoms with Crippen LogP contribution >= 0.6 is 0 Å². The Labute approximate surface area is 108 Å². The number of nitrogens with one attached hydrogen (secondary N) is 1. The number of aromatic nitrogens is 2. The van der Waals surface area contributed by atoms with Crippen molar-refractivity contribution in [3.05, 3.63) is 18.2 Å². The predicted molar refractivity (Wildman–Crippen MR) is 69.2 cm³/mol. The van der Waals surface area contributed by atoms with Crippen molar-refractivity contribution in [2.45, 2.75) is 44.8 Å². The van der Waals surface area contributed by atoms with E-state index in [1.807, 2.05) is 12.4 Å². The summed E-state index contributed by atoms with van der Waals surface area (Å²) in [4.78, 5) is 4.37. The first-order valence-electron chi connectivity index (χ1n) is 6.73. The molecule has 1 aliphatic heterocycles. The van der Waals surface area contributed by atoms with Crippen molar-refractivity contribution in [3.8, 4) is 0 Å². The average molecular weight is 253 g/mol. The second-order valence-corrected chi connectivity index (χ2v) is 4.94. The van der Waals surface area contributed by atoms with E-state index in [4.69, 9.17) is 4.74 Å². The molecule has 0 amide bonds. The molecule has 1 aromatic heterocycles. The summed E-state index contributed by atoms with van der Waals surface area (Å²) in [6, 6.07) is 0. The van der Waals surface area contributed by atoms with Crippen molar-refractivity contribution in [2.75, 3.05) is 19.8 Å². The fraction of sp³-hybridized carbons (Fsp3) is 0.769. The van der Waals surface area contributed by atoms with Gasteiger partial charge in [0.05, 0.1) is 13.2 Å². The highest BCUT2D eigenvalue weighted by Crippen LogP contribution is 2.20. The van der Waals surface area contributed by atoms with E-state index in [9.17, 15) is 5.11 Å². The number of aliphatic hydroxyl groups excluding tert-OH is 1. The zero-order valence-corrected chi connectivity index (χ0v) is 11.1. The molecule has 2 N–H and O–H groups in total. The van der Waals surface area contributed by atoms with Crippen LogP contribution in [-0.4, -0.2) is 40.0 Å². The lowest BCUT2D eigenvalue weighted by atomic mass is 9.91. The minimum absolute atomic E-state index is 0.158. The van der Waals surface area contributed by atoms with Crippen LogP contribution in [0.4, 0.5) is 0 Å². The molecule has 5 heteroatoms. The van der Waals surface area contributed by atoms with Crippen LogP contribution in [0.25, 0.3) is 0 Å². The maximum Gasteiger partial charge on any atom is 0.122 e. The SMILES string of the molecule is CCCn1ccnc1CNC1(CO)CCOCC1. The molecule has 0 saturated carbocycles. The molecule has 1 aliphatic rings. The van der Waals surface area contributed by atoms with Crippen molar-refractivity contribution in [1.82, 2.24) is 14.9 Å². The topological polar surface area (TPSA) is 59.3 Å². The summed E-state index contributed by atoms with van der Waals surface area (Å²) in [7, 11) is 0. The zero-order chi connectivity index (χ0) is 12.8. The van der Waals surface area contributed by atoms with Gasteiger partial charge in [-0.2, -0.15) is 0 Å². The molecule has 1 aromatic rings. The van der Waals surface area contributed by atoms with Gasteiger partial charge in [-0.3, -0.25) is 0 Å². The molecule has 0 spiro atoms. The third kappa shape index (κ3) is 3.10. The minimum atomic E-state index is -0.193. The van der Waals surface area contributed by atoms with Gasteiger partial charge >= 0.3 is 0 Å². The summed E-state index contributed by atoms with van der Waals surface area (Å²) in [6.07, 6.45) is 6.66. The molecule has 18 heavy (non-hydrogen) atoms. The van der Waals surface area contributed by atoms with Crippen LogP contribution < -0.4 is 5.32 Å². The number of nitrogens with zero attached hydrogens (tertiary/aromatic N) is 2. The first-order chi connectivity index (χ1) is 8.79. The molecule has 102 valence electrons. The Hall–Kier alpha value is -0.910. The van der Waals surface area contributed by atoms with Gasteiger partial charge in [0.25, 0.3) is 0 Å². The standard InChI is InChI=1S/C13H23N3O2/c1-2-6-16-7-5-14-12(16)10-15-13(11-17)3-8-18-9-4-13/h5,7,15,17H,2-4,6,8-11H2,1H3. The highest BCUT2D eigenvalue weighted by atomic mass is 16.5. The zero-order valence-electron chi connectivity index (χ0n) is 11.1. The molecule has 0 atom stereocenters. The van der Waals surface area contributed by atoms with E-state index < -0.39 is 0 Å². The van der Waals surface area contributed by atoms with Crippen LogP contribution in [0, 0.1) is 0 Å². The van der Waals surface area contributed by atoms with Crippen LogP contribution in [0.2, 0.25) is 0 Å². The molecule has 1 fully saturated rings. The fourth-order valence-electron chi connectivity index (χ4n) is 2.37. The van der Waals surface area contributed by atoms with Crippen molar-refractivity contribution in [1.29, 1.82) is 0 Å². The van der Waals surface area contributed by atoms with Gasteiger partial charge in [0.15, 0.2) is 0 Å². The van der Waals surface area contributed by atoms with Gasteiger partial charge in [-0.05, 0) is 19.3 Å². The number of ether oxygens (including phenoxy) is 1. The van der Waals surface area contributed by atoms with E-state index in [0.29, 0.717) is 6.54 Å². The Morgan fingerprint density at radius 2 is 2.28 bits per heavy atom. The van der Waals surface area contributed by atoms with Gasteiger partial charge in [-0.1, -0.05) is 6.92 Å². The first-order valence-corrected chi connectivity index (χ1v) is 6.73. The summed E-state index contributed by atoms with van der Waals surface area (Å²) in [5.74, 6) is 1.04. The highest BCUT2D eigenvalue weighted by Gasteiger charge is 2.31. The van der Waals surface area contributed by atoms with E-state index in [2.05, 4.69) is 21.8 Å². The van der Waals surface area contributed by atoms with Crippen LogP contribution in [0.5, 0.6) is 0 Å². The number of hydrogen-bond acceptors (Lipinski definition) is 4. The van der Waals surface area contributed by atoms with Crippen LogP contribution in [-0.2, 0) is 17.8 Å². The number of aryl methyl sites for hydroxylation is 1. The summed E-state index contributed by atoms with van der Waals surface area (Å²) < 4.78 is 7.52. The van der Waals surface area contributed by atoms with Crippen molar-refractivity contribution in [2.24, 2.45) is 0 Å². The summed E-state index contributed by atoms with van der Waals surface area (Å²) >= 11 is 0. The molecule has 0 aliphatic carbocycles. The third-order valence-corrected chi connectivity index (χ3v) is 3.64. The number of imidazole rings is 1. The number of aliphatic hydroxyl groups is 1. The second-order valence-electron chi connectivity index (χ2n) is 4.94. The molecule has 2 rings (SSSR count). The number of hydrogen-bond donors (Lipinski definition) is 2. The Morgan fingerprint density at radius 3 is 2.94 bits per heavy atom. The summed E-state index contributed by atoms with van der Waals surface area (Å²) in [6.45, 7) is 5.45. The molecule has 5 nitrogen and oxygen atoms in total. The number of rotatable bonds is 6. The van der Waals surface area contributed by atoms with Gasteiger partial charge in [0.2, 0.25) is 0 Å². The maximum atomic E-state index is 9.60. The largest absolute Gasteiger partial charge is 0.394 e. The molecule has 0 unspecified atom stereocenters. The maximum absolute atomic E-state index is 9.60. The smallest absolute Gasteiger partial charge is 0.122 e. The monoisotopic (exact) mass is 253 g/mol. The second kappa shape index (κ2) is 6.31. The Morgan fingerprint density at radius 1 is 1.50 bits per heavy atom. The summed E-state index contributed by atoms with van der Waals surface area (Å²) in [5.41, 5.74) is -0.193. The normalized spacial score (nSPS) is 19.0. The Balaban J connectivity index is 1.94. The summed E-state index contributed by atoms with van der Waals surface area (Å²) in [5, 5.41) is 13.1. The van der Waals surface area contributed by atoms with Gasteiger partial charge in [0, 0.05) is 37.7 Å². The van der Waals surface area contributed by atoms with E-state index in [1.54, 1.807) is 0 Å². The van der Waals surface area contributed by atoms with E-state index in [0.717, 1.165) is 44.8 Å². The van der Waals surface area contributed by atoms with E-state index in [1.165, 1.54) is 0 Å². The Bertz CT molecular complexity index is 359. The van der Waals surface area contributed by atoms with E-state index in [-0.39, 0.29) is 12.1 Å². The first kappa shape index (κ1) is 13.5. The molecular weight excluding hydrogens is 230 g/mol. The molecule has 0 radical (unpaired) electrons. The van der Waals surface area contributed by atoms with Crippen molar-refractivity contribution in [3.63, 3.8) is 0 Å². The van der Waals surface area contributed by atoms with Gasteiger partial charge in [-0.15, -0.1) is 0 Å². The lowest BCUT2D eigenvalue weighted by Gasteiger charge is -2.36. The molecular formula is C13H23N3O2. The Kier molecular flexibility index (Phi) is 4.74. The molecule has 0 aromatic carbocycles. The van der Waals surface area contributed by atoms with Crippen molar-refractivity contribution >= 4 is 0 Å². The highest BCUT2D eigenvalue weighted by molar-refractivity contribution is 4.96. The van der Waals surface area contributed by atoms with Gasteiger partial charge in [-0.25, -0.2) is 4.98 Å². The van der Waals surface area contributed by atoms with Gasteiger partial charge < -0.3 is 19.7 Å². The lowest BCUT2D eigenvalue weighted by Crippen LogP contribution is -2.52. The molecule has 1 saturated heterocycles. The van der Waals surface area contributed by atoms with Crippen molar-refractivity contribution < 1.29 is 9.84 Å². The van der Waals surface area contributed by atoms with Crippen LogP contribution in [0.15, 0.2) is 12.4 Å². The van der Waals surface area contributed by atoms with Gasteiger partial charge in [0.1, 0.15) is 5.82 Å². The quantitative estimate of drug-likeness (QED) is 0.791. The minimum Gasteiger partial charge on any atom is -0.394 e. The average Bonchev–Trinajstić information content (AvgIpc) is 2.86. The predicted octanol–water partition coefficient (Wildman–Crippen LogP) is 0.924. The van der Waals surface area contributed by atoms with Crippen LogP contribution in [0.1, 0.15) is 32.0 Å². The molecule has 2 heterocycles. The van der Waals surface area contributed by atoms with Crippen LogP contribution in [0.3, 0.4) is 0 Å².